The lowest BCUT2D eigenvalue weighted by Gasteiger charge is -2.34. The third kappa shape index (κ3) is 3.82. The Hall–Kier alpha value is -3.00. The van der Waals surface area contributed by atoms with Crippen LogP contribution in [0.15, 0.2) is 41.1 Å². The van der Waals surface area contributed by atoms with Crippen LogP contribution in [0.3, 0.4) is 0 Å². The molecule has 0 unspecified atom stereocenters. The number of oxazole rings is 1. The Balaban J connectivity index is 1.44. The number of piperazine rings is 1. The maximum atomic E-state index is 14.2. The molecule has 1 aromatic carbocycles. The van der Waals surface area contributed by atoms with E-state index in [1.807, 2.05) is 13.0 Å². The van der Waals surface area contributed by atoms with Crippen molar-refractivity contribution in [2.75, 3.05) is 38.2 Å². The maximum Gasteiger partial charge on any atom is 0.229 e. The summed E-state index contributed by atoms with van der Waals surface area (Å²) in [7, 11) is 1.55. The molecule has 0 spiro atoms. The van der Waals surface area contributed by atoms with Crippen LogP contribution >= 0.6 is 0 Å². The van der Waals surface area contributed by atoms with Crippen molar-refractivity contribution >= 4 is 5.95 Å². The summed E-state index contributed by atoms with van der Waals surface area (Å²) >= 11 is 0. The normalized spacial score (nSPS) is 15.0. The number of rotatable bonds is 5. The Labute approximate surface area is 162 Å². The van der Waals surface area contributed by atoms with E-state index in [9.17, 15) is 4.39 Å². The molecule has 28 heavy (non-hydrogen) atoms. The van der Waals surface area contributed by atoms with E-state index in [0.29, 0.717) is 23.6 Å². The number of methoxy groups -OCH3 is 1. The molecule has 0 N–H and O–H groups in total. The molecule has 8 heteroatoms. The molecule has 7 nitrogen and oxygen atoms in total. The first-order valence-electron chi connectivity index (χ1n) is 9.18. The quantitative estimate of drug-likeness (QED) is 0.671. The first kappa shape index (κ1) is 18.4. The third-order valence-electron chi connectivity index (χ3n) is 4.88. The number of aryl methyl sites for hydroxylation is 1. The van der Waals surface area contributed by atoms with Crippen LogP contribution in [0, 0.1) is 12.7 Å². The predicted octanol–water partition coefficient (Wildman–Crippen LogP) is 2.91. The first-order chi connectivity index (χ1) is 13.6. The van der Waals surface area contributed by atoms with Crippen LogP contribution in [0.25, 0.3) is 11.5 Å². The number of nitrogens with zero attached hydrogens (tertiary/aromatic N) is 5. The molecule has 1 aliphatic rings. The largest absolute Gasteiger partial charge is 0.497 e. The number of anilines is 1. The van der Waals surface area contributed by atoms with Gasteiger partial charge in [-0.2, -0.15) is 0 Å². The summed E-state index contributed by atoms with van der Waals surface area (Å²) in [6.07, 6.45) is 3.51. The van der Waals surface area contributed by atoms with Gasteiger partial charge in [-0.25, -0.2) is 19.3 Å². The van der Waals surface area contributed by atoms with Gasteiger partial charge in [0.05, 0.1) is 18.4 Å². The number of benzene rings is 1. The van der Waals surface area contributed by atoms with Crippen molar-refractivity contribution in [1.29, 1.82) is 0 Å². The van der Waals surface area contributed by atoms with Gasteiger partial charge in [0.15, 0.2) is 0 Å². The zero-order valence-corrected chi connectivity index (χ0v) is 15.9. The second kappa shape index (κ2) is 7.93. The zero-order valence-electron chi connectivity index (χ0n) is 15.9. The number of ether oxygens (including phenoxy) is 1. The molecule has 2 aromatic heterocycles. The van der Waals surface area contributed by atoms with Crippen molar-refractivity contribution < 1.29 is 13.5 Å². The highest BCUT2D eigenvalue weighted by molar-refractivity contribution is 5.57. The number of hydrogen-bond acceptors (Lipinski definition) is 7. The molecule has 1 aliphatic heterocycles. The van der Waals surface area contributed by atoms with Crippen LogP contribution in [0.1, 0.15) is 11.5 Å². The van der Waals surface area contributed by atoms with Gasteiger partial charge in [-0.3, -0.25) is 4.90 Å². The van der Waals surface area contributed by atoms with Gasteiger partial charge < -0.3 is 14.1 Å². The van der Waals surface area contributed by atoms with Crippen molar-refractivity contribution in [3.05, 3.63) is 53.9 Å². The number of hydrogen-bond donors (Lipinski definition) is 0. The van der Waals surface area contributed by atoms with E-state index in [2.05, 4.69) is 24.8 Å². The van der Waals surface area contributed by atoms with E-state index < -0.39 is 0 Å². The van der Waals surface area contributed by atoms with E-state index >= 15 is 0 Å². The predicted molar refractivity (Wildman–Crippen MR) is 103 cm³/mol. The number of aromatic nitrogens is 3. The zero-order chi connectivity index (χ0) is 19.5. The van der Waals surface area contributed by atoms with E-state index in [1.54, 1.807) is 31.6 Å². The lowest BCUT2D eigenvalue weighted by atomic mass is 10.2. The van der Waals surface area contributed by atoms with Crippen LogP contribution in [0.5, 0.6) is 5.75 Å². The maximum absolute atomic E-state index is 14.2. The summed E-state index contributed by atoms with van der Waals surface area (Å²) in [6.45, 7) is 5.94. The van der Waals surface area contributed by atoms with Gasteiger partial charge in [0, 0.05) is 45.1 Å². The SMILES string of the molecule is COc1ccc(F)c(-c2nc(CN3CCN(c4ncccn4)CC3)c(C)o2)c1. The molecule has 0 radical (unpaired) electrons. The molecule has 0 saturated carbocycles. The Morgan fingerprint density at radius 1 is 1.14 bits per heavy atom. The van der Waals surface area contributed by atoms with Crippen molar-refractivity contribution in [2.45, 2.75) is 13.5 Å². The van der Waals surface area contributed by atoms with Gasteiger partial charge in [0.2, 0.25) is 11.8 Å². The van der Waals surface area contributed by atoms with Gasteiger partial charge in [0.1, 0.15) is 17.3 Å². The first-order valence-corrected chi connectivity index (χ1v) is 9.18. The van der Waals surface area contributed by atoms with Gasteiger partial charge in [-0.1, -0.05) is 0 Å². The van der Waals surface area contributed by atoms with Crippen molar-refractivity contribution in [1.82, 2.24) is 19.9 Å². The average molecular weight is 383 g/mol. The lowest BCUT2D eigenvalue weighted by Crippen LogP contribution is -2.46. The Morgan fingerprint density at radius 2 is 1.89 bits per heavy atom. The molecular formula is C20H22FN5O2. The summed E-state index contributed by atoms with van der Waals surface area (Å²) in [5, 5.41) is 0. The van der Waals surface area contributed by atoms with Crippen LogP contribution in [-0.4, -0.2) is 53.1 Å². The summed E-state index contributed by atoms with van der Waals surface area (Å²) < 4.78 is 25.1. The molecule has 0 aliphatic carbocycles. The van der Waals surface area contributed by atoms with Gasteiger partial charge in [0.25, 0.3) is 0 Å². The Kier molecular flexibility index (Phi) is 5.21. The van der Waals surface area contributed by atoms with Crippen molar-refractivity contribution in [3.63, 3.8) is 0 Å². The van der Waals surface area contributed by atoms with E-state index in [-0.39, 0.29) is 11.7 Å². The third-order valence-corrected chi connectivity index (χ3v) is 4.88. The van der Waals surface area contributed by atoms with Crippen LogP contribution < -0.4 is 9.64 Å². The minimum Gasteiger partial charge on any atom is -0.497 e. The minimum absolute atomic E-state index is 0.278. The Morgan fingerprint density at radius 3 is 2.61 bits per heavy atom. The molecule has 0 bridgehead atoms. The molecule has 1 fully saturated rings. The molecule has 0 amide bonds. The molecule has 0 atom stereocenters. The van der Waals surface area contributed by atoms with Gasteiger partial charge in [-0.15, -0.1) is 0 Å². The summed E-state index contributed by atoms with van der Waals surface area (Å²) in [6, 6.07) is 6.35. The fraction of sp³-hybridized carbons (Fsp3) is 0.350. The molecular weight excluding hydrogens is 361 g/mol. The topological polar surface area (TPSA) is 67.5 Å². The smallest absolute Gasteiger partial charge is 0.229 e. The van der Waals surface area contributed by atoms with Crippen molar-refractivity contribution in [3.8, 4) is 17.2 Å². The molecule has 146 valence electrons. The van der Waals surface area contributed by atoms with Gasteiger partial charge in [-0.05, 0) is 31.2 Å². The molecule has 3 aromatic rings. The highest BCUT2D eigenvalue weighted by Gasteiger charge is 2.22. The van der Waals surface area contributed by atoms with Crippen LogP contribution in [0.4, 0.5) is 10.3 Å². The molecule has 3 heterocycles. The van der Waals surface area contributed by atoms with Crippen LogP contribution in [-0.2, 0) is 6.54 Å². The second-order valence-electron chi connectivity index (χ2n) is 6.68. The molecule has 1 saturated heterocycles. The minimum atomic E-state index is -0.384. The summed E-state index contributed by atoms with van der Waals surface area (Å²) in [4.78, 5) is 17.6. The summed E-state index contributed by atoms with van der Waals surface area (Å²) in [5.41, 5.74) is 1.13. The molecule has 4 rings (SSSR count). The van der Waals surface area contributed by atoms with E-state index in [4.69, 9.17) is 9.15 Å². The summed E-state index contributed by atoms with van der Waals surface area (Å²) in [5.74, 6) is 1.92. The van der Waals surface area contributed by atoms with E-state index in [1.165, 1.54) is 6.07 Å². The monoisotopic (exact) mass is 383 g/mol. The van der Waals surface area contributed by atoms with Crippen molar-refractivity contribution in [2.24, 2.45) is 0 Å². The fourth-order valence-electron chi connectivity index (χ4n) is 3.26. The highest BCUT2D eigenvalue weighted by Crippen LogP contribution is 2.28. The number of halogens is 1. The Bertz CT molecular complexity index is 939. The highest BCUT2D eigenvalue weighted by atomic mass is 19.1. The van der Waals surface area contributed by atoms with E-state index in [0.717, 1.165) is 37.8 Å². The van der Waals surface area contributed by atoms with Crippen LogP contribution in [0.2, 0.25) is 0 Å². The second-order valence-corrected chi connectivity index (χ2v) is 6.68. The lowest BCUT2D eigenvalue weighted by molar-refractivity contribution is 0.245. The average Bonchev–Trinajstić information content (AvgIpc) is 3.09. The fourth-order valence-corrected chi connectivity index (χ4v) is 3.26. The standard InChI is InChI=1S/C20H22FN5O2/c1-14-18(24-19(28-14)16-12-15(27-2)4-5-17(16)21)13-25-8-10-26(11-9-25)20-22-6-3-7-23-20/h3-7,12H,8-11,13H2,1-2H3. The van der Waals surface area contributed by atoms with Gasteiger partial charge >= 0.3 is 0 Å².